The maximum Gasteiger partial charge on any atom is 0.435 e. The third kappa shape index (κ3) is 6.66. The van der Waals surface area contributed by atoms with Gasteiger partial charge in [0.05, 0.1) is 19.3 Å². The van der Waals surface area contributed by atoms with Crippen molar-refractivity contribution in [3.8, 4) is 0 Å². The molecule has 0 N–H and O–H groups in total. The van der Waals surface area contributed by atoms with Crippen LogP contribution < -0.4 is 0 Å². The molecule has 2 aromatic heterocycles. The normalized spacial score (nSPS) is 16.4. The molecular weight excluding hydrogens is 554 g/mol. The molecule has 1 fully saturated rings. The summed E-state index contributed by atoms with van der Waals surface area (Å²) in [6, 6.07) is -0.414. The fourth-order valence-corrected chi connectivity index (χ4v) is 7.05. The van der Waals surface area contributed by atoms with Crippen molar-refractivity contribution in [1.29, 1.82) is 0 Å². The van der Waals surface area contributed by atoms with E-state index in [1.807, 2.05) is 0 Å². The molecule has 1 aliphatic heterocycles. The van der Waals surface area contributed by atoms with Gasteiger partial charge in [-0.15, -0.1) is 23.2 Å². The first-order chi connectivity index (χ1) is 17.6. The zero-order valence-electron chi connectivity index (χ0n) is 20.4. The van der Waals surface area contributed by atoms with E-state index in [9.17, 15) is 24.8 Å². The van der Waals surface area contributed by atoms with Crippen molar-refractivity contribution in [3.05, 3.63) is 44.0 Å². The summed E-state index contributed by atoms with van der Waals surface area (Å²) >= 11 is 12.0. The number of morpholine rings is 1. The molecule has 2 aromatic rings. The van der Waals surface area contributed by atoms with Crippen LogP contribution in [-0.4, -0.2) is 89.4 Å². The highest BCUT2D eigenvalue weighted by Crippen LogP contribution is 2.55. The van der Waals surface area contributed by atoms with Crippen LogP contribution in [-0.2, 0) is 27.0 Å². The summed E-state index contributed by atoms with van der Waals surface area (Å²) in [5.74, 6) is -0.534. The van der Waals surface area contributed by atoms with Crippen molar-refractivity contribution in [2.75, 3.05) is 51.2 Å². The Labute approximate surface area is 223 Å². The Morgan fingerprint density at radius 2 is 1.78 bits per heavy atom. The number of hydrogen-bond donors (Lipinski definition) is 0. The number of rotatable bonds is 14. The van der Waals surface area contributed by atoms with Crippen molar-refractivity contribution in [3.63, 3.8) is 0 Å². The minimum absolute atomic E-state index is 0.163. The van der Waals surface area contributed by atoms with Crippen molar-refractivity contribution >= 4 is 42.8 Å². The molecule has 0 radical (unpaired) electrons. The average Bonchev–Trinajstić information content (AvgIpc) is 3.48. The van der Waals surface area contributed by atoms with E-state index < -0.39 is 35.5 Å². The van der Waals surface area contributed by atoms with Gasteiger partial charge in [0.25, 0.3) is 0 Å². The summed E-state index contributed by atoms with van der Waals surface area (Å²) in [7, 11) is -3.70. The van der Waals surface area contributed by atoms with E-state index in [1.54, 1.807) is 23.2 Å². The van der Waals surface area contributed by atoms with Crippen LogP contribution in [0.5, 0.6) is 0 Å². The van der Waals surface area contributed by atoms with Gasteiger partial charge in [0.1, 0.15) is 31.2 Å². The van der Waals surface area contributed by atoms with E-state index in [2.05, 4.69) is 9.97 Å². The lowest BCUT2D eigenvalue weighted by atomic mass is 10.3. The van der Waals surface area contributed by atoms with Crippen LogP contribution in [0.1, 0.15) is 31.3 Å². The lowest BCUT2D eigenvalue weighted by molar-refractivity contribution is -0.397. The molecule has 1 unspecified atom stereocenters. The van der Waals surface area contributed by atoms with E-state index in [4.69, 9.17) is 32.5 Å². The van der Waals surface area contributed by atoms with Gasteiger partial charge in [-0.2, -0.15) is 0 Å². The molecule has 37 heavy (non-hydrogen) atoms. The van der Waals surface area contributed by atoms with Crippen LogP contribution in [0.25, 0.3) is 0 Å². The Morgan fingerprint density at radius 3 is 2.32 bits per heavy atom. The molecule has 15 nitrogen and oxygen atoms in total. The minimum atomic E-state index is -3.70. The Bertz CT molecular complexity index is 1130. The van der Waals surface area contributed by atoms with Crippen LogP contribution in [0.15, 0.2) is 12.4 Å². The van der Waals surface area contributed by atoms with Crippen molar-refractivity contribution in [1.82, 2.24) is 28.4 Å². The zero-order valence-corrected chi connectivity index (χ0v) is 22.8. The topological polar surface area (TPSA) is 164 Å². The number of nitro groups is 2. The van der Waals surface area contributed by atoms with Gasteiger partial charge in [-0.1, -0.05) is 9.97 Å². The van der Waals surface area contributed by atoms with E-state index >= 15 is 0 Å². The second kappa shape index (κ2) is 13.1. The first-order valence-corrected chi connectivity index (χ1v) is 14.1. The molecular formula is C19H29Cl2N8O7P. The van der Waals surface area contributed by atoms with Crippen LogP contribution >= 0.6 is 30.9 Å². The summed E-state index contributed by atoms with van der Waals surface area (Å²) in [6.07, 6.45) is 2.63. The highest BCUT2D eigenvalue weighted by atomic mass is 35.5. The standard InChI is InChI=1S/C19H29Cl2N8O7P/c1-15(2)27-17(16(23-19(27)29(32)33)13-24-8-5-22-18(24)28(30)31)14-36-37(34,25(6-3-20)7-4-21)26-9-11-35-12-10-26/h5,8,15H,3-4,6-7,9-14H2,1-2H3. The van der Waals surface area contributed by atoms with Gasteiger partial charge >= 0.3 is 19.6 Å². The summed E-state index contributed by atoms with van der Waals surface area (Å²) in [4.78, 5) is 29.8. The monoisotopic (exact) mass is 582 g/mol. The fraction of sp³-hybridized carbons (Fsp3) is 0.684. The third-order valence-electron chi connectivity index (χ3n) is 5.69. The van der Waals surface area contributed by atoms with Crippen LogP contribution in [0.3, 0.4) is 0 Å². The third-order valence-corrected chi connectivity index (χ3v) is 8.72. The van der Waals surface area contributed by atoms with Crippen LogP contribution in [0.4, 0.5) is 11.9 Å². The predicted octanol–water partition coefficient (Wildman–Crippen LogP) is 3.26. The number of aromatic nitrogens is 4. The molecule has 1 saturated heterocycles. The lowest BCUT2D eigenvalue weighted by Gasteiger charge is -2.39. The molecule has 1 aliphatic rings. The number of nitrogens with zero attached hydrogens (tertiary/aromatic N) is 8. The van der Waals surface area contributed by atoms with Gasteiger partial charge in [-0.05, 0) is 23.7 Å². The Balaban J connectivity index is 2.05. The molecule has 0 bridgehead atoms. The Morgan fingerprint density at radius 1 is 1.16 bits per heavy atom. The molecule has 0 amide bonds. The van der Waals surface area contributed by atoms with Crippen molar-refractivity contribution in [2.45, 2.75) is 33.0 Å². The first-order valence-electron chi connectivity index (χ1n) is 11.5. The summed E-state index contributed by atoms with van der Waals surface area (Å²) in [5, 5.41) is 23.2. The largest absolute Gasteiger partial charge is 0.435 e. The number of alkyl halides is 2. The first kappa shape index (κ1) is 29.4. The Hall–Kier alpha value is -2.13. The smallest absolute Gasteiger partial charge is 0.390 e. The summed E-state index contributed by atoms with van der Waals surface area (Å²) in [6.45, 7) is 4.85. The van der Waals surface area contributed by atoms with Gasteiger partial charge in [0.15, 0.2) is 5.69 Å². The molecule has 206 valence electrons. The molecule has 3 heterocycles. The number of hydrogen-bond acceptors (Lipinski definition) is 9. The molecule has 1 atom stereocenters. The average molecular weight is 583 g/mol. The van der Waals surface area contributed by atoms with Gasteiger partial charge in [-0.25, -0.2) is 18.5 Å². The number of imidazole rings is 2. The molecule has 3 rings (SSSR count). The molecule has 0 saturated carbocycles. The van der Waals surface area contributed by atoms with E-state index in [1.165, 1.54) is 21.5 Å². The summed E-state index contributed by atoms with van der Waals surface area (Å²) < 4.78 is 31.8. The second-order valence-electron chi connectivity index (χ2n) is 8.30. The Kier molecular flexibility index (Phi) is 10.4. The van der Waals surface area contributed by atoms with Crippen LogP contribution in [0.2, 0.25) is 0 Å². The van der Waals surface area contributed by atoms with E-state index in [-0.39, 0.29) is 49.4 Å². The minimum Gasteiger partial charge on any atom is -0.390 e. The highest BCUT2D eigenvalue weighted by molar-refractivity contribution is 7.53. The van der Waals surface area contributed by atoms with Gasteiger partial charge < -0.3 is 25.0 Å². The van der Waals surface area contributed by atoms with Gasteiger partial charge in [0, 0.05) is 37.9 Å². The molecule has 0 spiro atoms. The van der Waals surface area contributed by atoms with Crippen molar-refractivity contribution < 1.29 is 23.7 Å². The quantitative estimate of drug-likeness (QED) is 0.139. The molecule has 0 aromatic carbocycles. The number of halogens is 2. The highest BCUT2D eigenvalue weighted by Gasteiger charge is 2.41. The van der Waals surface area contributed by atoms with Crippen LogP contribution in [0, 0.1) is 20.2 Å². The van der Waals surface area contributed by atoms with E-state index in [0.717, 1.165) is 0 Å². The van der Waals surface area contributed by atoms with Gasteiger partial charge in [0.2, 0.25) is 0 Å². The lowest BCUT2D eigenvalue weighted by Crippen LogP contribution is -2.41. The predicted molar refractivity (Wildman–Crippen MR) is 135 cm³/mol. The fourth-order valence-electron chi connectivity index (χ4n) is 4.06. The van der Waals surface area contributed by atoms with E-state index in [0.29, 0.717) is 26.3 Å². The second-order valence-corrected chi connectivity index (χ2v) is 11.4. The van der Waals surface area contributed by atoms with Gasteiger partial charge in [-0.3, -0.25) is 9.09 Å². The number of ether oxygens (including phenoxy) is 1. The maximum atomic E-state index is 14.4. The van der Waals surface area contributed by atoms with Crippen molar-refractivity contribution in [2.24, 2.45) is 0 Å². The zero-order chi connectivity index (χ0) is 27.2. The molecule has 0 aliphatic carbocycles. The molecule has 18 heteroatoms. The maximum absolute atomic E-state index is 14.4. The summed E-state index contributed by atoms with van der Waals surface area (Å²) in [5.41, 5.74) is 0.436. The SMILES string of the molecule is CC(C)n1c([N+](=O)[O-])nc(Cn2ccnc2[N+](=O)[O-])c1COP(=O)(N(CCCl)CCCl)N1CCOCC1.